The third-order valence-electron chi connectivity index (χ3n) is 2.67. The van der Waals surface area contributed by atoms with Crippen LogP contribution in [0.25, 0.3) is 0 Å². The number of rotatable bonds is 4. The smallest absolute Gasteiger partial charge is 0.237 e. The van der Waals surface area contributed by atoms with E-state index in [0.29, 0.717) is 6.54 Å². The quantitative estimate of drug-likeness (QED) is 0.893. The van der Waals surface area contributed by atoms with Crippen LogP contribution in [0.3, 0.4) is 0 Å². The number of carbonyl (C=O) groups is 1. The van der Waals surface area contributed by atoms with Crippen molar-refractivity contribution in [1.29, 1.82) is 0 Å². The number of hydrogen-bond acceptors (Lipinski definition) is 4. The van der Waals surface area contributed by atoms with Gasteiger partial charge >= 0.3 is 0 Å². The Balaban J connectivity index is 0.00000289. The summed E-state index contributed by atoms with van der Waals surface area (Å²) in [6.07, 6.45) is 1.78. The van der Waals surface area contributed by atoms with Crippen molar-refractivity contribution in [3.05, 3.63) is 16.6 Å². The molecule has 0 fully saturated rings. The maximum absolute atomic E-state index is 11.8. The molecule has 18 heavy (non-hydrogen) atoms. The third-order valence-corrected chi connectivity index (χ3v) is 3.68. The van der Waals surface area contributed by atoms with Gasteiger partial charge in [-0.1, -0.05) is 27.7 Å². The lowest BCUT2D eigenvalue weighted by Gasteiger charge is -2.26. The Kier molecular flexibility index (Phi) is 6.81. The Morgan fingerprint density at radius 3 is 2.61 bits per heavy atom. The van der Waals surface area contributed by atoms with Crippen LogP contribution in [-0.2, 0) is 4.79 Å². The Labute approximate surface area is 119 Å². The van der Waals surface area contributed by atoms with E-state index in [-0.39, 0.29) is 29.6 Å². The van der Waals surface area contributed by atoms with Crippen LogP contribution in [0.1, 0.15) is 38.6 Å². The topological polar surface area (TPSA) is 68.0 Å². The zero-order chi connectivity index (χ0) is 13.1. The average molecular weight is 292 g/mol. The lowest BCUT2D eigenvalue weighted by molar-refractivity contribution is -0.124. The van der Waals surface area contributed by atoms with Gasteiger partial charge in [-0.05, 0) is 5.41 Å². The minimum absolute atomic E-state index is 0. The van der Waals surface area contributed by atoms with E-state index in [0.717, 1.165) is 5.01 Å². The molecule has 1 aromatic rings. The van der Waals surface area contributed by atoms with E-state index in [1.54, 1.807) is 17.5 Å². The SMILES string of the molecule is CC(CNC(=O)[C@@H](N)C(C)(C)C)c1nccs1.Cl. The first-order valence-corrected chi connectivity index (χ1v) is 6.63. The van der Waals surface area contributed by atoms with Gasteiger partial charge in [-0.15, -0.1) is 23.7 Å². The lowest BCUT2D eigenvalue weighted by atomic mass is 9.87. The molecule has 0 aliphatic carbocycles. The molecule has 1 amide bonds. The zero-order valence-corrected chi connectivity index (χ0v) is 12.9. The van der Waals surface area contributed by atoms with E-state index in [1.165, 1.54) is 0 Å². The van der Waals surface area contributed by atoms with Crippen molar-refractivity contribution in [2.75, 3.05) is 6.54 Å². The number of halogens is 1. The van der Waals surface area contributed by atoms with Crippen LogP contribution in [0, 0.1) is 5.41 Å². The van der Waals surface area contributed by atoms with Crippen LogP contribution in [0.4, 0.5) is 0 Å². The molecule has 6 heteroatoms. The second-order valence-electron chi connectivity index (χ2n) is 5.36. The number of hydrogen-bond donors (Lipinski definition) is 2. The minimum atomic E-state index is -0.481. The van der Waals surface area contributed by atoms with Crippen LogP contribution in [0.5, 0.6) is 0 Å². The van der Waals surface area contributed by atoms with Crippen LogP contribution in [0.15, 0.2) is 11.6 Å². The third kappa shape index (κ3) is 4.92. The molecule has 1 aromatic heterocycles. The van der Waals surface area contributed by atoms with E-state index in [2.05, 4.69) is 10.3 Å². The van der Waals surface area contributed by atoms with E-state index in [1.807, 2.05) is 33.1 Å². The van der Waals surface area contributed by atoms with Gasteiger partial charge in [0.25, 0.3) is 0 Å². The summed E-state index contributed by atoms with van der Waals surface area (Å²) < 4.78 is 0. The van der Waals surface area contributed by atoms with Gasteiger partial charge in [0.1, 0.15) is 0 Å². The Morgan fingerprint density at radius 1 is 1.56 bits per heavy atom. The van der Waals surface area contributed by atoms with Crippen LogP contribution in [0.2, 0.25) is 0 Å². The van der Waals surface area contributed by atoms with Crippen molar-refractivity contribution in [3.63, 3.8) is 0 Å². The molecule has 1 rings (SSSR count). The number of nitrogens with zero attached hydrogens (tertiary/aromatic N) is 1. The summed E-state index contributed by atoms with van der Waals surface area (Å²) >= 11 is 1.60. The molecule has 0 radical (unpaired) electrons. The number of carbonyl (C=O) groups excluding carboxylic acids is 1. The molecular formula is C12H22ClN3OS. The molecule has 0 spiro atoms. The summed E-state index contributed by atoms with van der Waals surface area (Å²) in [7, 11) is 0. The van der Waals surface area contributed by atoms with Crippen LogP contribution >= 0.6 is 23.7 Å². The fourth-order valence-corrected chi connectivity index (χ4v) is 2.02. The fraction of sp³-hybridized carbons (Fsp3) is 0.667. The molecule has 0 aliphatic heterocycles. The molecule has 0 aromatic carbocycles. The number of amides is 1. The number of thiazole rings is 1. The average Bonchev–Trinajstić information content (AvgIpc) is 2.76. The molecule has 4 nitrogen and oxygen atoms in total. The van der Waals surface area contributed by atoms with Gasteiger partial charge in [0.2, 0.25) is 5.91 Å². The molecule has 3 N–H and O–H groups in total. The summed E-state index contributed by atoms with van der Waals surface area (Å²) in [5.41, 5.74) is 5.66. The molecule has 0 saturated carbocycles. The lowest BCUT2D eigenvalue weighted by Crippen LogP contribution is -2.49. The second-order valence-corrected chi connectivity index (χ2v) is 6.29. The largest absolute Gasteiger partial charge is 0.354 e. The van der Waals surface area contributed by atoms with Gasteiger partial charge in [-0.2, -0.15) is 0 Å². The first-order chi connectivity index (χ1) is 7.82. The number of nitrogens with one attached hydrogen (secondary N) is 1. The van der Waals surface area contributed by atoms with Crippen molar-refractivity contribution in [3.8, 4) is 0 Å². The molecule has 2 atom stereocenters. The van der Waals surface area contributed by atoms with Gasteiger partial charge in [0.15, 0.2) is 0 Å². The maximum Gasteiger partial charge on any atom is 0.237 e. The summed E-state index contributed by atoms with van der Waals surface area (Å²) in [6, 6.07) is -0.481. The predicted molar refractivity (Wildman–Crippen MR) is 78.2 cm³/mol. The van der Waals surface area contributed by atoms with Gasteiger partial charge in [0, 0.05) is 24.0 Å². The monoisotopic (exact) mass is 291 g/mol. The number of nitrogens with two attached hydrogens (primary N) is 1. The normalized spacial score (nSPS) is 14.5. The Bertz CT molecular complexity index is 362. The molecule has 0 bridgehead atoms. The summed E-state index contributed by atoms with van der Waals surface area (Å²) in [4.78, 5) is 16.0. The fourth-order valence-electron chi connectivity index (χ4n) is 1.32. The van der Waals surface area contributed by atoms with Gasteiger partial charge in [-0.3, -0.25) is 4.79 Å². The van der Waals surface area contributed by atoms with E-state index < -0.39 is 6.04 Å². The zero-order valence-electron chi connectivity index (χ0n) is 11.3. The second kappa shape index (κ2) is 7.07. The summed E-state index contributed by atoms with van der Waals surface area (Å²) in [6.45, 7) is 8.50. The van der Waals surface area contributed by atoms with Crippen molar-refractivity contribution in [2.45, 2.75) is 39.7 Å². The van der Waals surface area contributed by atoms with Gasteiger partial charge < -0.3 is 11.1 Å². The standard InChI is InChI=1S/C12H21N3OS.ClH/c1-8(11-14-5-6-17-11)7-15-10(16)9(13)12(2,3)4;/h5-6,8-9H,7,13H2,1-4H3,(H,15,16);1H/t8?,9-;/m1./s1. The van der Waals surface area contributed by atoms with Gasteiger partial charge in [-0.25, -0.2) is 4.98 Å². The molecule has 0 aliphatic rings. The highest BCUT2D eigenvalue weighted by Gasteiger charge is 2.27. The first-order valence-electron chi connectivity index (χ1n) is 5.75. The molecule has 0 saturated heterocycles. The molecule has 104 valence electrons. The molecule has 1 heterocycles. The van der Waals surface area contributed by atoms with E-state index >= 15 is 0 Å². The minimum Gasteiger partial charge on any atom is -0.354 e. The van der Waals surface area contributed by atoms with Gasteiger partial charge in [0.05, 0.1) is 11.0 Å². The summed E-state index contributed by atoms with van der Waals surface area (Å²) in [5.74, 6) is 0.132. The predicted octanol–water partition coefficient (Wildman–Crippen LogP) is 2.16. The Hall–Kier alpha value is -0.650. The van der Waals surface area contributed by atoms with Crippen molar-refractivity contribution >= 4 is 29.7 Å². The Morgan fingerprint density at radius 2 is 2.17 bits per heavy atom. The molecule has 1 unspecified atom stereocenters. The maximum atomic E-state index is 11.8. The van der Waals surface area contributed by atoms with Crippen molar-refractivity contribution in [1.82, 2.24) is 10.3 Å². The van der Waals surface area contributed by atoms with Crippen LogP contribution < -0.4 is 11.1 Å². The van der Waals surface area contributed by atoms with Crippen molar-refractivity contribution < 1.29 is 4.79 Å². The molecular weight excluding hydrogens is 270 g/mol. The highest BCUT2D eigenvalue weighted by atomic mass is 35.5. The van der Waals surface area contributed by atoms with E-state index in [9.17, 15) is 4.79 Å². The van der Waals surface area contributed by atoms with Crippen molar-refractivity contribution in [2.24, 2.45) is 11.1 Å². The highest BCUT2D eigenvalue weighted by molar-refractivity contribution is 7.09. The highest BCUT2D eigenvalue weighted by Crippen LogP contribution is 2.19. The number of aromatic nitrogens is 1. The summed E-state index contributed by atoms with van der Waals surface area (Å²) in [5, 5.41) is 5.86. The van der Waals surface area contributed by atoms with E-state index in [4.69, 9.17) is 5.73 Å². The first kappa shape index (κ1) is 17.4. The van der Waals surface area contributed by atoms with Crippen LogP contribution in [-0.4, -0.2) is 23.5 Å².